The van der Waals surface area contributed by atoms with Crippen molar-refractivity contribution in [3.05, 3.63) is 35.1 Å². The van der Waals surface area contributed by atoms with Gasteiger partial charge in [-0.25, -0.2) is 4.98 Å². The number of ether oxygens (including phenoxy) is 2. The normalized spacial score (nSPS) is 12.8. The molecule has 0 N–H and O–H groups in total. The van der Waals surface area contributed by atoms with Gasteiger partial charge in [0.05, 0.1) is 5.69 Å². The second-order valence-electron chi connectivity index (χ2n) is 5.09. The number of thiazole rings is 1. The highest BCUT2D eigenvalue weighted by Crippen LogP contribution is 2.37. The van der Waals surface area contributed by atoms with Gasteiger partial charge >= 0.3 is 0 Å². The smallest absolute Gasteiger partial charge is 0.231 e. The van der Waals surface area contributed by atoms with Crippen LogP contribution in [0.4, 0.5) is 0 Å². The van der Waals surface area contributed by atoms with Gasteiger partial charge in [0.15, 0.2) is 16.7 Å². The van der Waals surface area contributed by atoms with E-state index in [4.69, 9.17) is 14.5 Å². The summed E-state index contributed by atoms with van der Waals surface area (Å²) in [6.07, 6.45) is 0. The predicted molar refractivity (Wildman–Crippen MR) is 89.0 cm³/mol. The van der Waals surface area contributed by atoms with Gasteiger partial charge in [0.2, 0.25) is 6.79 Å². The van der Waals surface area contributed by atoms with Gasteiger partial charge in [-0.05, 0) is 25.1 Å². The molecule has 1 aliphatic rings. The molecule has 2 aromatic heterocycles. The highest BCUT2D eigenvalue weighted by atomic mass is 32.2. The molecule has 0 atom stereocenters. The van der Waals surface area contributed by atoms with Crippen molar-refractivity contribution in [1.29, 1.82) is 0 Å². The summed E-state index contributed by atoms with van der Waals surface area (Å²) >= 11 is 3.27. The Hall–Kier alpha value is -2.06. The Balaban J connectivity index is 1.49. The van der Waals surface area contributed by atoms with Crippen LogP contribution < -0.4 is 9.47 Å². The minimum Gasteiger partial charge on any atom is -0.454 e. The third-order valence-electron chi connectivity index (χ3n) is 3.57. The Morgan fingerprint density at radius 2 is 2.13 bits per heavy atom. The van der Waals surface area contributed by atoms with Gasteiger partial charge in [-0.15, -0.1) is 21.5 Å². The third kappa shape index (κ3) is 2.79. The molecule has 8 heteroatoms. The number of fused-ring (bicyclic) bond motifs is 1. The molecule has 1 aliphatic heterocycles. The fourth-order valence-electron chi connectivity index (χ4n) is 2.19. The third-order valence-corrected chi connectivity index (χ3v) is 5.57. The van der Waals surface area contributed by atoms with Crippen molar-refractivity contribution in [3.8, 4) is 22.1 Å². The summed E-state index contributed by atoms with van der Waals surface area (Å²) in [5.41, 5.74) is 2.08. The second-order valence-corrected chi connectivity index (χ2v) is 6.89. The van der Waals surface area contributed by atoms with E-state index in [1.807, 2.05) is 36.7 Å². The van der Waals surface area contributed by atoms with Gasteiger partial charge in [-0.3, -0.25) is 0 Å². The zero-order chi connectivity index (χ0) is 15.8. The lowest BCUT2D eigenvalue weighted by Gasteiger charge is -2.00. The Bertz CT molecular complexity index is 859. The Morgan fingerprint density at radius 3 is 2.96 bits per heavy atom. The van der Waals surface area contributed by atoms with E-state index in [1.165, 1.54) is 0 Å². The molecule has 3 aromatic rings. The van der Waals surface area contributed by atoms with Crippen molar-refractivity contribution in [2.45, 2.75) is 17.8 Å². The molecule has 0 saturated carbocycles. The van der Waals surface area contributed by atoms with Crippen molar-refractivity contribution in [2.75, 3.05) is 6.79 Å². The zero-order valence-electron chi connectivity index (χ0n) is 12.6. The monoisotopic (exact) mass is 346 g/mol. The van der Waals surface area contributed by atoms with E-state index in [1.54, 1.807) is 23.1 Å². The lowest BCUT2D eigenvalue weighted by atomic mass is 10.2. The van der Waals surface area contributed by atoms with Crippen LogP contribution in [0.2, 0.25) is 0 Å². The number of aryl methyl sites for hydroxylation is 1. The van der Waals surface area contributed by atoms with Crippen molar-refractivity contribution >= 4 is 23.1 Å². The summed E-state index contributed by atoms with van der Waals surface area (Å²) in [6.45, 7) is 2.23. The first-order valence-electron chi connectivity index (χ1n) is 7.04. The number of thioether (sulfide) groups is 1. The van der Waals surface area contributed by atoms with Crippen molar-refractivity contribution in [3.63, 3.8) is 0 Å². The maximum atomic E-state index is 5.42. The number of nitrogens with zero attached hydrogens (tertiary/aromatic N) is 4. The van der Waals surface area contributed by atoms with Gasteiger partial charge in [-0.2, -0.15) is 0 Å². The largest absolute Gasteiger partial charge is 0.454 e. The predicted octanol–water partition coefficient (Wildman–Crippen LogP) is 3.27. The molecule has 1 aromatic carbocycles. The van der Waals surface area contributed by atoms with Crippen LogP contribution in [-0.2, 0) is 12.8 Å². The van der Waals surface area contributed by atoms with Crippen molar-refractivity contribution in [1.82, 2.24) is 19.7 Å². The number of aromatic nitrogens is 4. The Morgan fingerprint density at radius 1 is 1.26 bits per heavy atom. The molecular formula is C15H14N4O2S2. The van der Waals surface area contributed by atoms with Crippen LogP contribution in [0, 0.1) is 6.92 Å². The quantitative estimate of drug-likeness (QED) is 0.676. The molecule has 23 heavy (non-hydrogen) atoms. The van der Waals surface area contributed by atoms with Crippen LogP contribution in [0.5, 0.6) is 11.5 Å². The molecule has 0 spiro atoms. The lowest BCUT2D eigenvalue weighted by molar-refractivity contribution is 0.174. The van der Waals surface area contributed by atoms with E-state index >= 15 is 0 Å². The fraction of sp³-hybridized carbons (Fsp3) is 0.267. The summed E-state index contributed by atoms with van der Waals surface area (Å²) in [4.78, 5) is 4.70. The van der Waals surface area contributed by atoms with Gasteiger partial charge in [-0.1, -0.05) is 11.8 Å². The number of hydrogen-bond donors (Lipinski definition) is 0. The van der Waals surface area contributed by atoms with Gasteiger partial charge in [0, 0.05) is 23.7 Å². The standard InChI is InChI=1S/C15H14N4O2S2/c1-9-17-18-15(19(9)2)23-7-11-6-22-14(16-11)10-3-4-12-13(5-10)21-8-20-12/h3-6H,7-8H2,1-2H3. The average molecular weight is 346 g/mol. The molecule has 3 heterocycles. The molecule has 0 radical (unpaired) electrons. The number of benzene rings is 1. The summed E-state index contributed by atoms with van der Waals surface area (Å²) in [5, 5.41) is 12.2. The number of hydrogen-bond acceptors (Lipinski definition) is 7. The maximum Gasteiger partial charge on any atom is 0.231 e. The van der Waals surface area contributed by atoms with E-state index < -0.39 is 0 Å². The number of rotatable bonds is 4. The summed E-state index contributed by atoms with van der Waals surface area (Å²) < 4.78 is 12.7. The molecule has 0 fully saturated rings. The van der Waals surface area contributed by atoms with Crippen LogP contribution in [0.15, 0.2) is 28.7 Å². The van der Waals surface area contributed by atoms with Gasteiger partial charge in [0.25, 0.3) is 0 Å². The van der Waals surface area contributed by atoms with Crippen LogP contribution in [0.1, 0.15) is 11.5 Å². The Labute approximate surface area is 141 Å². The Kier molecular flexibility index (Phi) is 3.70. The molecule has 0 aliphatic carbocycles. The first kappa shape index (κ1) is 14.5. The van der Waals surface area contributed by atoms with Crippen LogP contribution >= 0.6 is 23.1 Å². The minimum absolute atomic E-state index is 0.287. The molecule has 0 amide bonds. The highest BCUT2D eigenvalue weighted by Gasteiger charge is 2.15. The molecule has 0 saturated heterocycles. The van der Waals surface area contributed by atoms with Crippen LogP contribution in [0.3, 0.4) is 0 Å². The van der Waals surface area contributed by atoms with Crippen molar-refractivity contribution < 1.29 is 9.47 Å². The summed E-state index contributed by atoms with van der Waals surface area (Å²) in [6, 6.07) is 5.91. The minimum atomic E-state index is 0.287. The van der Waals surface area contributed by atoms with Gasteiger partial charge in [0.1, 0.15) is 10.8 Å². The van der Waals surface area contributed by atoms with Crippen LogP contribution in [-0.4, -0.2) is 26.5 Å². The SMILES string of the molecule is Cc1nnc(SCc2csc(-c3ccc4c(c3)OCO4)n2)n1C. The first-order chi connectivity index (χ1) is 11.2. The van der Waals surface area contributed by atoms with E-state index in [0.29, 0.717) is 0 Å². The second kappa shape index (κ2) is 5.86. The molecular weight excluding hydrogens is 332 g/mol. The lowest BCUT2D eigenvalue weighted by Crippen LogP contribution is -1.93. The molecule has 0 bridgehead atoms. The average Bonchev–Trinajstić information content (AvgIpc) is 3.27. The summed E-state index contributed by atoms with van der Waals surface area (Å²) in [5.74, 6) is 3.25. The first-order valence-corrected chi connectivity index (χ1v) is 8.90. The van der Waals surface area contributed by atoms with Crippen LogP contribution in [0.25, 0.3) is 10.6 Å². The fourth-order valence-corrected chi connectivity index (χ4v) is 3.96. The topological polar surface area (TPSA) is 62.1 Å². The molecule has 0 unspecified atom stereocenters. The highest BCUT2D eigenvalue weighted by molar-refractivity contribution is 7.98. The van der Waals surface area contributed by atoms with Crippen molar-refractivity contribution in [2.24, 2.45) is 7.05 Å². The van der Waals surface area contributed by atoms with E-state index in [-0.39, 0.29) is 6.79 Å². The summed E-state index contributed by atoms with van der Waals surface area (Å²) in [7, 11) is 1.97. The van der Waals surface area contributed by atoms with E-state index in [9.17, 15) is 0 Å². The maximum absolute atomic E-state index is 5.42. The van der Waals surface area contributed by atoms with E-state index in [2.05, 4.69) is 15.6 Å². The zero-order valence-corrected chi connectivity index (χ0v) is 14.3. The molecule has 118 valence electrons. The molecule has 4 rings (SSSR count). The molecule has 6 nitrogen and oxygen atoms in total. The van der Waals surface area contributed by atoms with Gasteiger partial charge < -0.3 is 14.0 Å². The van der Waals surface area contributed by atoms with E-state index in [0.717, 1.165) is 44.5 Å².